The zero-order valence-corrected chi connectivity index (χ0v) is 41.9. The lowest BCUT2D eigenvalue weighted by Crippen LogP contribution is -2.40. The molecule has 5 nitrogen and oxygen atoms in total. The molecular weight excluding hydrogens is 796 g/mol. The molecule has 63 heavy (non-hydrogen) atoms. The number of ether oxygens (including phenoxy) is 2. The van der Waals surface area contributed by atoms with E-state index >= 15 is 0 Å². The molecule has 3 rings (SSSR count). The molecule has 0 fully saturated rings. The molecule has 0 aromatic heterocycles. The Bertz CT molecular complexity index is 1770. The molecule has 354 valence electrons. The highest BCUT2D eigenvalue weighted by molar-refractivity contribution is 5.84. The summed E-state index contributed by atoms with van der Waals surface area (Å²) in [5.41, 5.74) is 0.609. The molecule has 0 aliphatic carbocycles. The molecule has 0 heterocycles. The smallest absolute Gasteiger partial charge is 0.416 e. The van der Waals surface area contributed by atoms with E-state index in [1.54, 1.807) is 6.92 Å². The molecule has 0 aliphatic rings. The lowest BCUT2D eigenvalue weighted by molar-refractivity contribution is -0.137. The van der Waals surface area contributed by atoms with Gasteiger partial charge in [-0.05, 0) is 95.0 Å². The maximum Gasteiger partial charge on any atom is 0.416 e. The minimum atomic E-state index is -4.61. The van der Waals surface area contributed by atoms with Crippen molar-refractivity contribution in [1.29, 1.82) is 0 Å². The lowest BCUT2D eigenvalue weighted by atomic mass is 9.71. The third-order valence-electron chi connectivity index (χ3n) is 12.2. The number of hydrogen-bond donors (Lipinski definition) is 2. The maximum atomic E-state index is 13.9. The third kappa shape index (κ3) is 14.7. The number of alkyl halides is 3. The molecule has 3 aromatic carbocycles. The summed E-state index contributed by atoms with van der Waals surface area (Å²) in [6.45, 7) is 33.2. The standard InChI is InChI=1S/C55H84F3NO4/c1-16-18-20-22-24-26-30-62-48-43(50(4,5)6)33-41(34-44(48)51(7,8)9)54(61,38(3)59-37-39-32-40(55(56,57)58)28-29-47(39)60)42-35-45(52(10,11)12)49(46(36-42)53(13,14)15)63-31-27-25-23-21-19-17-2/h28-29,32-38,60-61H,16-27,30-31H2,1-15H3. The molecular formula is C55H84F3NO4. The summed E-state index contributed by atoms with van der Waals surface area (Å²) in [4.78, 5) is 4.83. The van der Waals surface area contributed by atoms with Crippen LogP contribution in [0.4, 0.5) is 13.2 Å². The third-order valence-corrected chi connectivity index (χ3v) is 12.2. The number of phenols is 1. The number of phenolic OH excluding ortho intramolecular Hbond substituents is 1. The van der Waals surface area contributed by atoms with Crippen LogP contribution in [0.5, 0.6) is 17.2 Å². The molecule has 3 aromatic rings. The number of unbranched alkanes of at least 4 members (excludes halogenated alkanes) is 10. The van der Waals surface area contributed by atoms with E-state index in [1.165, 1.54) is 57.6 Å². The first kappa shape index (κ1) is 53.8. The van der Waals surface area contributed by atoms with Gasteiger partial charge in [-0.15, -0.1) is 0 Å². The monoisotopic (exact) mass is 880 g/mol. The number of aliphatic imine (C=N–C) groups is 1. The highest BCUT2D eigenvalue weighted by Crippen LogP contribution is 2.49. The summed E-state index contributed by atoms with van der Waals surface area (Å²) in [6, 6.07) is 10.0. The van der Waals surface area contributed by atoms with Gasteiger partial charge >= 0.3 is 6.18 Å². The first-order valence-corrected chi connectivity index (χ1v) is 23.9. The van der Waals surface area contributed by atoms with Gasteiger partial charge in [0.15, 0.2) is 0 Å². The van der Waals surface area contributed by atoms with Crippen molar-refractivity contribution >= 4 is 6.21 Å². The van der Waals surface area contributed by atoms with Gasteiger partial charge in [0.25, 0.3) is 0 Å². The van der Waals surface area contributed by atoms with Gasteiger partial charge in [0.05, 0.1) is 24.8 Å². The first-order valence-electron chi connectivity index (χ1n) is 23.9. The maximum absolute atomic E-state index is 13.9. The number of halogens is 3. The number of benzene rings is 3. The average Bonchev–Trinajstić information content (AvgIpc) is 3.17. The van der Waals surface area contributed by atoms with E-state index in [2.05, 4.69) is 121 Å². The highest BCUT2D eigenvalue weighted by Gasteiger charge is 2.43. The normalized spacial score (nSPS) is 13.8. The van der Waals surface area contributed by atoms with E-state index in [-0.39, 0.29) is 11.3 Å². The zero-order valence-electron chi connectivity index (χ0n) is 41.9. The topological polar surface area (TPSA) is 71.3 Å². The zero-order chi connectivity index (χ0) is 47.6. The van der Waals surface area contributed by atoms with Gasteiger partial charge in [0.1, 0.15) is 22.8 Å². The minimum absolute atomic E-state index is 0.0903. The number of aromatic hydroxyl groups is 1. The Balaban J connectivity index is 2.43. The van der Waals surface area contributed by atoms with Gasteiger partial charge < -0.3 is 19.7 Å². The Hall–Kier alpha value is -3.52. The summed E-state index contributed by atoms with van der Waals surface area (Å²) >= 11 is 0. The second-order valence-corrected chi connectivity index (χ2v) is 22.0. The Kier molecular flexibility index (Phi) is 18.9. The molecule has 0 bridgehead atoms. The van der Waals surface area contributed by atoms with Crippen LogP contribution < -0.4 is 9.47 Å². The Labute approximate surface area is 380 Å². The fourth-order valence-corrected chi connectivity index (χ4v) is 8.13. The molecule has 0 spiro atoms. The predicted molar refractivity (Wildman–Crippen MR) is 259 cm³/mol. The SMILES string of the molecule is CCCCCCCCOc1c(C(C)(C)C)cc(C(O)(c2cc(C(C)(C)C)c(OCCCCCCCC)c(C(C)(C)C)c2)C(C)N=Cc2cc(C(F)(F)F)ccc2O)cc1C(C)(C)C. The van der Waals surface area contributed by atoms with Crippen LogP contribution in [0.2, 0.25) is 0 Å². The molecule has 2 N–H and O–H groups in total. The van der Waals surface area contributed by atoms with E-state index < -0.39 is 45.0 Å². The van der Waals surface area contributed by atoms with Gasteiger partial charge in [0.2, 0.25) is 0 Å². The van der Waals surface area contributed by atoms with Crippen molar-refractivity contribution in [2.75, 3.05) is 13.2 Å². The van der Waals surface area contributed by atoms with Crippen LogP contribution in [0, 0.1) is 0 Å². The molecule has 1 unspecified atom stereocenters. The van der Waals surface area contributed by atoms with Gasteiger partial charge in [-0.25, -0.2) is 0 Å². The summed E-state index contributed by atoms with van der Waals surface area (Å²) in [5.74, 6) is 1.31. The van der Waals surface area contributed by atoms with Crippen LogP contribution >= 0.6 is 0 Å². The number of nitrogens with zero attached hydrogens (tertiary/aromatic N) is 1. The van der Waals surface area contributed by atoms with Crippen LogP contribution in [0.15, 0.2) is 47.5 Å². The number of hydrogen-bond acceptors (Lipinski definition) is 5. The van der Waals surface area contributed by atoms with Crippen LogP contribution in [-0.2, 0) is 33.4 Å². The van der Waals surface area contributed by atoms with Crippen molar-refractivity contribution in [2.24, 2.45) is 4.99 Å². The second-order valence-electron chi connectivity index (χ2n) is 22.0. The van der Waals surface area contributed by atoms with E-state index in [9.17, 15) is 23.4 Å². The Morgan fingerprint density at radius 2 is 0.889 bits per heavy atom. The summed E-state index contributed by atoms with van der Waals surface area (Å²) in [5, 5.41) is 24.6. The number of rotatable bonds is 21. The van der Waals surface area contributed by atoms with E-state index in [1.807, 2.05) is 0 Å². The van der Waals surface area contributed by atoms with Crippen molar-refractivity contribution in [3.63, 3.8) is 0 Å². The minimum Gasteiger partial charge on any atom is -0.507 e. The largest absolute Gasteiger partial charge is 0.507 e. The quantitative estimate of drug-likeness (QED) is 0.0826. The van der Waals surface area contributed by atoms with Crippen molar-refractivity contribution in [1.82, 2.24) is 0 Å². The van der Waals surface area contributed by atoms with Crippen LogP contribution in [0.1, 0.15) is 225 Å². The van der Waals surface area contributed by atoms with Gasteiger partial charge in [-0.1, -0.05) is 161 Å². The van der Waals surface area contributed by atoms with E-state index in [0.717, 1.165) is 77.6 Å². The molecule has 0 aliphatic heterocycles. The van der Waals surface area contributed by atoms with Crippen molar-refractivity contribution < 1.29 is 32.9 Å². The van der Waals surface area contributed by atoms with Gasteiger partial charge in [0, 0.05) is 34.0 Å². The molecule has 1 atom stereocenters. The Morgan fingerprint density at radius 1 is 0.540 bits per heavy atom. The van der Waals surface area contributed by atoms with Crippen LogP contribution in [0.3, 0.4) is 0 Å². The predicted octanol–water partition coefficient (Wildman–Crippen LogP) is 15.8. The average molecular weight is 880 g/mol. The molecule has 0 saturated carbocycles. The van der Waals surface area contributed by atoms with E-state index in [4.69, 9.17) is 14.5 Å². The molecule has 0 saturated heterocycles. The second kappa shape index (κ2) is 22.1. The van der Waals surface area contributed by atoms with Crippen molar-refractivity contribution in [3.8, 4) is 17.2 Å². The fraction of sp³-hybridized carbons (Fsp3) is 0.655. The molecule has 0 radical (unpaired) electrons. The number of aliphatic hydroxyl groups is 1. The van der Waals surface area contributed by atoms with Gasteiger partial charge in [-0.2, -0.15) is 13.2 Å². The van der Waals surface area contributed by atoms with E-state index in [0.29, 0.717) is 24.3 Å². The van der Waals surface area contributed by atoms with Crippen molar-refractivity contribution in [3.05, 3.63) is 87.0 Å². The Morgan fingerprint density at radius 3 is 1.22 bits per heavy atom. The first-order chi connectivity index (χ1) is 29.1. The summed E-state index contributed by atoms with van der Waals surface area (Å²) < 4.78 is 55.2. The molecule has 0 amide bonds. The van der Waals surface area contributed by atoms with Crippen LogP contribution in [-0.4, -0.2) is 35.7 Å². The summed E-state index contributed by atoms with van der Waals surface area (Å²) in [6.07, 6.45) is 10.4. The van der Waals surface area contributed by atoms with Gasteiger partial charge in [-0.3, -0.25) is 4.99 Å². The van der Waals surface area contributed by atoms with Crippen LogP contribution in [0.25, 0.3) is 0 Å². The highest BCUT2D eigenvalue weighted by atomic mass is 19.4. The fourth-order valence-electron chi connectivity index (χ4n) is 8.13. The van der Waals surface area contributed by atoms with Crippen molar-refractivity contribution in [2.45, 2.75) is 220 Å². The molecule has 8 heteroatoms. The summed E-state index contributed by atoms with van der Waals surface area (Å²) in [7, 11) is 0. The lowest BCUT2D eigenvalue weighted by Gasteiger charge is -2.39.